The van der Waals surface area contributed by atoms with E-state index in [9.17, 15) is 4.79 Å². The lowest BCUT2D eigenvalue weighted by Gasteiger charge is -2.18. The molecule has 1 aliphatic rings. The maximum Gasteiger partial charge on any atom is 0.317 e. The van der Waals surface area contributed by atoms with Gasteiger partial charge in [-0.1, -0.05) is 22.6 Å². The number of carbonyl (C=O) groups excluding carboxylic acids is 1. The molecule has 0 aromatic heterocycles. The Labute approximate surface area is 87.0 Å². The zero-order valence-electron chi connectivity index (χ0n) is 7.51. The summed E-state index contributed by atoms with van der Waals surface area (Å²) >= 11 is 2.39. The molecule has 12 heavy (non-hydrogen) atoms. The lowest BCUT2D eigenvalue weighted by molar-refractivity contribution is 0.206. The van der Waals surface area contributed by atoms with Crippen LogP contribution < -0.4 is 5.32 Å². The molecule has 1 atom stereocenters. The summed E-state index contributed by atoms with van der Waals surface area (Å²) in [5, 5.41) is 2.89. The monoisotopic (exact) mass is 282 g/mol. The SMILES string of the molecule is CC(C)NC(=O)N1CCC(I)C1. The van der Waals surface area contributed by atoms with Gasteiger partial charge in [-0.2, -0.15) is 0 Å². The van der Waals surface area contributed by atoms with Gasteiger partial charge in [0.05, 0.1) is 0 Å². The molecule has 0 aromatic carbocycles. The fourth-order valence-electron chi connectivity index (χ4n) is 1.24. The highest BCUT2D eigenvalue weighted by Gasteiger charge is 2.24. The van der Waals surface area contributed by atoms with Crippen molar-refractivity contribution in [3.05, 3.63) is 0 Å². The summed E-state index contributed by atoms with van der Waals surface area (Å²) in [6, 6.07) is 0.329. The molecule has 70 valence electrons. The van der Waals surface area contributed by atoms with E-state index in [4.69, 9.17) is 0 Å². The molecule has 1 rings (SSSR count). The summed E-state index contributed by atoms with van der Waals surface area (Å²) in [7, 11) is 0. The maximum atomic E-state index is 11.4. The Balaban J connectivity index is 2.33. The number of amides is 2. The van der Waals surface area contributed by atoms with E-state index in [1.54, 1.807) is 0 Å². The van der Waals surface area contributed by atoms with Crippen LogP contribution >= 0.6 is 22.6 Å². The van der Waals surface area contributed by atoms with Crippen molar-refractivity contribution in [1.82, 2.24) is 10.2 Å². The van der Waals surface area contributed by atoms with Crippen LogP contribution in [0.3, 0.4) is 0 Å². The van der Waals surface area contributed by atoms with Crippen LogP contribution in [0.25, 0.3) is 0 Å². The number of hydrogen-bond acceptors (Lipinski definition) is 1. The molecule has 2 amide bonds. The normalized spacial score (nSPS) is 23.3. The molecular formula is C8H15IN2O. The van der Waals surface area contributed by atoms with Crippen LogP contribution in [0.4, 0.5) is 4.79 Å². The second-order valence-corrected chi connectivity index (χ2v) is 5.20. The molecule has 0 saturated carbocycles. The Hall–Kier alpha value is 0. The number of alkyl halides is 1. The van der Waals surface area contributed by atoms with Gasteiger partial charge < -0.3 is 10.2 Å². The van der Waals surface area contributed by atoms with Crippen LogP contribution in [0.5, 0.6) is 0 Å². The van der Waals surface area contributed by atoms with Gasteiger partial charge in [-0.25, -0.2) is 4.79 Å². The van der Waals surface area contributed by atoms with Crippen LogP contribution in [0.2, 0.25) is 0 Å². The van der Waals surface area contributed by atoms with Crippen molar-refractivity contribution in [2.75, 3.05) is 13.1 Å². The van der Waals surface area contributed by atoms with Crippen molar-refractivity contribution < 1.29 is 4.79 Å². The van der Waals surface area contributed by atoms with Gasteiger partial charge in [0.25, 0.3) is 0 Å². The van der Waals surface area contributed by atoms with Crippen molar-refractivity contribution in [2.45, 2.75) is 30.2 Å². The Morgan fingerprint density at radius 3 is 2.75 bits per heavy atom. The zero-order valence-corrected chi connectivity index (χ0v) is 9.67. The van der Waals surface area contributed by atoms with Gasteiger partial charge in [-0.05, 0) is 20.3 Å². The number of nitrogens with zero attached hydrogens (tertiary/aromatic N) is 1. The molecule has 0 spiro atoms. The summed E-state index contributed by atoms with van der Waals surface area (Å²) in [5.41, 5.74) is 0. The predicted molar refractivity (Wildman–Crippen MR) is 57.7 cm³/mol. The van der Waals surface area contributed by atoms with Crippen molar-refractivity contribution in [3.63, 3.8) is 0 Å². The molecule has 1 unspecified atom stereocenters. The van der Waals surface area contributed by atoms with Crippen molar-refractivity contribution >= 4 is 28.6 Å². The Bertz CT molecular complexity index is 172. The fourth-order valence-corrected chi connectivity index (χ4v) is 1.99. The van der Waals surface area contributed by atoms with E-state index in [0.717, 1.165) is 19.5 Å². The predicted octanol–water partition coefficient (Wildman–Crippen LogP) is 1.61. The molecule has 0 bridgehead atoms. The maximum absolute atomic E-state index is 11.4. The number of hydrogen-bond donors (Lipinski definition) is 1. The second kappa shape index (κ2) is 4.30. The van der Waals surface area contributed by atoms with Crippen LogP contribution in [0.1, 0.15) is 20.3 Å². The molecule has 3 nitrogen and oxygen atoms in total. The third-order valence-corrected chi connectivity index (χ3v) is 2.85. The van der Waals surface area contributed by atoms with Crippen LogP contribution in [-0.2, 0) is 0 Å². The summed E-state index contributed by atoms with van der Waals surface area (Å²) in [5.74, 6) is 0. The number of carbonyl (C=O) groups is 1. The molecule has 1 fully saturated rings. The highest BCUT2D eigenvalue weighted by molar-refractivity contribution is 14.1. The average Bonchev–Trinajstić information content (AvgIpc) is 2.34. The molecule has 0 radical (unpaired) electrons. The number of rotatable bonds is 1. The number of urea groups is 1. The van der Waals surface area contributed by atoms with E-state index in [2.05, 4.69) is 27.9 Å². The van der Waals surface area contributed by atoms with Gasteiger partial charge in [0.2, 0.25) is 0 Å². The van der Waals surface area contributed by atoms with Crippen LogP contribution in [-0.4, -0.2) is 34.0 Å². The first-order valence-electron chi connectivity index (χ1n) is 4.29. The summed E-state index contributed by atoms with van der Waals surface area (Å²) in [6.45, 7) is 5.77. The number of nitrogens with one attached hydrogen (secondary N) is 1. The third kappa shape index (κ3) is 2.80. The lowest BCUT2D eigenvalue weighted by atomic mass is 10.4. The Kier molecular flexibility index (Phi) is 3.61. The molecule has 1 saturated heterocycles. The molecule has 1 aliphatic heterocycles. The van der Waals surface area contributed by atoms with Gasteiger partial charge in [0.1, 0.15) is 0 Å². The lowest BCUT2D eigenvalue weighted by Crippen LogP contribution is -2.41. The minimum Gasteiger partial charge on any atom is -0.336 e. The van der Waals surface area contributed by atoms with Gasteiger partial charge in [0.15, 0.2) is 0 Å². The van der Waals surface area contributed by atoms with E-state index in [1.807, 2.05) is 18.7 Å². The highest BCUT2D eigenvalue weighted by atomic mass is 127. The standard InChI is InChI=1S/C8H15IN2O/c1-6(2)10-8(12)11-4-3-7(9)5-11/h6-7H,3-5H2,1-2H3,(H,10,12). The summed E-state index contributed by atoms with van der Waals surface area (Å²) < 4.78 is 0.639. The zero-order chi connectivity index (χ0) is 9.14. The number of likely N-dealkylation sites (tertiary alicyclic amines) is 1. The molecule has 0 aromatic rings. The van der Waals surface area contributed by atoms with E-state index in [1.165, 1.54) is 0 Å². The smallest absolute Gasteiger partial charge is 0.317 e. The van der Waals surface area contributed by atoms with Crippen molar-refractivity contribution in [1.29, 1.82) is 0 Å². The first-order valence-corrected chi connectivity index (χ1v) is 5.53. The summed E-state index contributed by atoms with van der Waals surface area (Å²) in [4.78, 5) is 13.3. The molecular weight excluding hydrogens is 267 g/mol. The van der Waals surface area contributed by atoms with Crippen LogP contribution in [0.15, 0.2) is 0 Å². The van der Waals surface area contributed by atoms with Gasteiger partial charge >= 0.3 is 6.03 Å². The van der Waals surface area contributed by atoms with Gasteiger partial charge in [-0.3, -0.25) is 0 Å². The minimum absolute atomic E-state index is 0.0872. The largest absolute Gasteiger partial charge is 0.336 e. The van der Waals surface area contributed by atoms with E-state index in [0.29, 0.717) is 3.92 Å². The third-order valence-electron chi connectivity index (χ3n) is 1.83. The average molecular weight is 282 g/mol. The van der Waals surface area contributed by atoms with Gasteiger partial charge in [0, 0.05) is 23.1 Å². The summed E-state index contributed by atoms with van der Waals surface area (Å²) in [6.07, 6.45) is 1.13. The first kappa shape index (κ1) is 10.1. The molecule has 1 heterocycles. The Morgan fingerprint density at radius 1 is 1.67 bits per heavy atom. The molecule has 0 aliphatic carbocycles. The van der Waals surface area contributed by atoms with E-state index in [-0.39, 0.29) is 12.1 Å². The highest BCUT2D eigenvalue weighted by Crippen LogP contribution is 2.16. The topological polar surface area (TPSA) is 32.3 Å². The Morgan fingerprint density at radius 2 is 2.33 bits per heavy atom. The fraction of sp³-hybridized carbons (Fsp3) is 0.875. The second-order valence-electron chi connectivity index (χ2n) is 3.44. The minimum atomic E-state index is 0.0872. The van der Waals surface area contributed by atoms with Crippen molar-refractivity contribution in [2.24, 2.45) is 0 Å². The molecule has 1 N–H and O–H groups in total. The number of halogens is 1. The van der Waals surface area contributed by atoms with E-state index < -0.39 is 0 Å². The molecule has 4 heteroatoms. The van der Waals surface area contributed by atoms with Crippen molar-refractivity contribution in [3.8, 4) is 0 Å². The van der Waals surface area contributed by atoms with E-state index >= 15 is 0 Å². The van der Waals surface area contributed by atoms with Crippen LogP contribution in [0, 0.1) is 0 Å². The quantitative estimate of drug-likeness (QED) is 0.575. The van der Waals surface area contributed by atoms with Gasteiger partial charge in [-0.15, -0.1) is 0 Å². The first-order chi connectivity index (χ1) is 5.59.